The molecule has 1 aromatic heterocycles. The highest BCUT2D eigenvalue weighted by atomic mass is 35.5. The molecular weight excluding hydrogens is 271 g/mol. The number of benzene rings is 1. The van der Waals surface area contributed by atoms with Crippen molar-refractivity contribution >= 4 is 23.1 Å². The zero-order chi connectivity index (χ0) is 14.0. The van der Waals surface area contributed by atoms with Crippen molar-refractivity contribution in [3.8, 4) is 5.88 Å². The first-order valence-corrected chi connectivity index (χ1v) is 5.70. The van der Waals surface area contributed by atoms with Gasteiger partial charge in [0.15, 0.2) is 11.6 Å². The van der Waals surface area contributed by atoms with Crippen LogP contribution in [0.3, 0.4) is 0 Å². The number of ether oxygens (including phenoxy) is 1. The molecule has 0 saturated carbocycles. The number of pyridine rings is 1. The number of hydrogen-bond donors (Lipinski definition) is 1. The highest BCUT2D eigenvalue weighted by Crippen LogP contribution is 2.24. The fourth-order valence-corrected chi connectivity index (χ4v) is 1.81. The number of ketones is 1. The molecule has 0 radical (unpaired) electrons. The Morgan fingerprint density at radius 1 is 1.37 bits per heavy atom. The lowest BCUT2D eigenvalue weighted by Gasteiger charge is -2.08. The zero-order valence-corrected chi connectivity index (χ0v) is 10.7. The quantitative estimate of drug-likeness (QED) is 0.693. The van der Waals surface area contributed by atoms with Crippen LogP contribution in [0, 0.1) is 5.82 Å². The first-order valence-electron chi connectivity index (χ1n) is 5.32. The second-order valence-electron chi connectivity index (χ2n) is 3.74. The first-order chi connectivity index (χ1) is 9.04. The van der Waals surface area contributed by atoms with Crippen LogP contribution < -0.4 is 10.5 Å². The van der Waals surface area contributed by atoms with E-state index in [1.807, 2.05) is 0 Å². The van der Waals surface area contributed by atoms with E-state index in [4.69, 9.17) is 22.1 Å². The second kappa shape index (κ2) is 5.24. The van der Waals surface area contributed by atoms with Crippen LogP contribution in [0.25, 0.3) is 0 Å². The minimum Gasteiger partial charge on any atom is -0.479 e. The molecule has 0 unspecified atom stereocenters. The maximum absolute atomic E-state index is 13.9. The summed E-state index contributed by atoms with van der Waals surface area (Å²) < 4.78 is 18.7. The van der Waals surface area contributed by atoms with Crippen LogP contribution in [0.5, 0.6) is 5.88 Å². The number of carbonyl (C=O) groups excluding carboxylic acids is 1. The van der Waals surface area contributed by atoms with Gasteiger partial charge in [-0.15, -0.1) is 0 Å². The summed E-state index contributed by atoms with van der Waals surface area (Å²) in [6.45, 7) is 0. The van der Waals surface area contributed by atoms with Gasteiger partial charge in [0.2, 0.25) is 0 Å². The number of nitrogens with zero attached hydrogens (tertiary/aromatic N) is 1. The molecule has 98 valence electrons. The zero-order valence-electron chi connectivity index (χ0n) is 9.98. The molecular formula is C13H10ClFN2O2. The van der Waals surface area contributed by atoms with Gasteiger partial charge in [0.1, 0.15) is 0 Å². The molecule has 4 nitrogen and oxygen atoms in total. The van der Waals surface area contributed by atoms with Gasteiger partial charge < -0.3 is 10.5 Å². The predicted octanol–water partition coefficient (Wildman–Crippen LogP) is 2.70. The van der Waals surface area contributed by atoms with Gasteiger partial charge in [-0.05, 0) is 24.3 Å². The van der Waals surface area contributed by atoms with E-state index in [-0.39, 0.29) is 22.7 Å². The lowest BCUT2D eigenvalue weighted by Crippen LogP contribution is -2.09. The van der Waals surface area contributed by atoms with Gasteiger partial charge in [-0.2, -0.15) is 0 Å². The maximum Gasteiger partial charge on any atom is 0.250 e. The molecule has 0 saturated heterocycles. The fourth-order valence-electron chi connectivity index (χ4n) is 1.63. The molecule has 19 heavy (non-hydrogen) atoms. The minimum atomic E-state index is -0.815. The van der Waals surface area contributed by atoms with Crippen LogP contribution >= 0.6 is 11.6 Å². The molecule has 2 rings (SSSR count). The van der Waals surface area contributed by atoms with Crippen molar-refractivity contribution in [3.63, 3.8) is 0 Å². The number of aromatic nitrogens is 1. The topological polar surface area (TPSA) is 65.2 Å². The smallest absolute Gasteiger partial charge is 0.250 e. The normalized spacial score (nSPS) is 10.3. The van der Waals surface area contributed by atoms with Crippen molar-refractivity contribution in [1.29, 1.82) is 0 Å². The Hall–Kier alpha value is -2.14. The SMILES string of the molecule is COc1nccc(C(=O)c2ccc(Cl)cc2N)c1F. The summed E-state index contributed by atoms with van der Waals surface area (Å²) in [6, 6.07) is 5.67. The highest BCUT2D eigenvalue weighted by molar-refractivity contribution is 6.31. The Kier molecular flexibility index (Phi) is 3.66. The van der Waals surface area contributed by atoms with Crippen LogP contribution in [-0.2, 0) is 0 Å². The van der Waals surface area contributed by atoms with Gasteiger partial charge in [-0.25, -0.2) is 9.37 Å². The summed E-state index contributed by atoms with van der Waals surface area (Å²) >= 11 is 5.75. The van der Waals surface area contributed by atoms with Crippen molar-refractivity contribution < 1.29 is 13.9 Å². The standard InChI is InChI=1S/C13H10ClFN2O2/c1-19-13-11(15)9(4-5-17-13)12(18)8-3-2-7(14)6-10(8)16/h2-6H,16H2,1H3. The number of anilines is 1. The lowest BCUT2D eigenvalue weighted by molar-refractivity contribution is 0.103. The van der Waals surface area contributed by atoms with Crippen LogP contribution in [0.2, 0.25) is 5.02 Å². The van der Waals surface area contributed by atoms with Gasteiger partial charge in [-0.1, -0.05) is 11.6 Å². The molecule has 2 N–H and O–H groups in total. The lowest BCUT2D eigenvalue weighted by atomic mass is 10.0. The van der Waals surface area contributed by atoms with Gasteiger partial charge >= 0.3 is 0 Å². The molecule has 0 atom stereocenters. The highest BCUT2D eigenvalue weighted by Gasteiger charge is 2.19. The monoisotopic (exact) mass is 280 g/mol. The molecule has 1 heterocycles. The van der Waals surface area contributed by atoms with Crippen molar-refractivity contribution in [1.82, 2.24) is 4.98 Å². The van der Waals surface area contributed by atoms with Crippen LogP contribution in [0.1, 0.15) is 15.9 Å². The molecule has 6 heteroatoms. The third kappa shape index (κ3) is 2.51. The number of nitrogen functional groups attached to an aromatic ring is 1. The predicted molar refractivity (Wildman–Crippen MR) is 70.0 cm³/mol. The van der Waals surface area contributed by atoms with E-state index >= 15 is 0 Å². The Bertz CT molecular complexity index is 647. The molecule has 0 aliphatic heterocycles. The molecule has 0 spiro atoms. The molecule has 0 bridgehead atoms. The molecule has 2 aromatic rings. The molecule has 0 amide bonds. The second-order valence-corrected chi connectivity index (χ2v) is 4.18. The van der Waals surface area contributed by atoms with Gasteiger partial charge in [0, 0.05) is 22.5 Å². The number of hydrogen-bond acceptors (Lipinski definition) is 4. The van der Waals surface area contributed by atoms with E-state index in [0.717, 1.165) is 0 Å². The third-order valence-electron chi connectivity index (χ3n) is 2.55. The van der Waals surface area contributed by atoms with Gasteiger partial charge in [-0.3, -0.25) is 4.79 Å². The van der Waals surface area contributed by atoms with Crippen molar-refractivity contribution in [2.24, 2.45) is 0 Å². The summed E-state index contributed by atoms with van der Waals surface area (Å²) in [4.78, 5) is 15.9. The van der Waals surface area contributed by atoms with E-state index in [1.54, 1.807) is 0 Å². The Balaban J connectivity index is 2.50. The Morgan fingerprint density at radius 3 is 2.74 bits per heavy atom. The molecule has 0 fully saturated rings. The summed E-state index contributed by atoms with van der Waals surface area (Å²) in [5.41, 5.74) is 5.92. The fraction of sp³-hybridized carbons (Fsp3) is 0.0769. The average molecular weight is 281 g/mol. The van der Waals surface area contributed by atoms with E-state index in [2.05, 4.69) is 4.98 Å². The van der Waals surface area contributed by atoms with Crippen LogP contribution in [0.15, 0.2) is 30.5 Å². The van der Waals surface area contributed by atoms with Crippen LogP contribution in [-0.4, -0.2) is 17.9 Å². The summed E-state index contributed by atoms with van der Waals surface area (Å²) in [5, 5.41) is 0.404. The van der Waals surface area contributed by atoms with E-state index in [9.17, 15) is 9.18 Å². The maximum atomic E-state index is 13.9. The Labute approximate surface area is 114 Å². The van der Waals surface area contributed by atoms with Crippen molar-refractivity contribution in [3.05, 3.63) is 52.4 Å². The summed E-state index contributed by atoms with van der Waals surface area (Å²) in [5.74, 6) is -1.60. The Morgan fingerprint density at radius 2 is 2.11 bits per heavy atom. The van der Waals surface area contributed by atoms with E-state index < -0.39 is 11.6 Å². The third-order valence-corrected chi connectivity index (χ3v) is 2.79. The molecule has 0 aliphatic carbocycles. The summed E-state index contributed by atoms with van der Waals surface area (Å²) in [6.07, 6.45) is 1.29. The number of nitrogens with two attached hydrogens (primary N) is 1. The number of methoxy groups -OCH3 is 1. The number of carbonyl (C=O) groups is 1. The number of rotatable bonds is 3. The summed E-state index contributed by atoms with van der Waals surface area (Å²) in [7, 11) is 1.27. The largest absolute Gasteiger partial charge is 0.479 e. The van der Waals surface area contributed by atoms with Crippen molar-refractivity contribution in [2.75, 3.05) is 12.8 Å². The average Bonchev–Trinajstić information content (AvgIpc) is 2.38. The number of halogens is 2. The van der Waals surface area contributed by atoms with Crippen LogP contribution in [0.4, 0.5) is 10.1 Å². The van der Waals surface area contributed by atoms with E-state index in [1.165, 1.54) is 37.6 Å². The molecule has 1 aromatic carbocycles. The van der Waals surface area contributed by atoms with Gasteiger partial charge in [0.25, 0.3) is 5.88 Å². The van der Waals surface area contributed by atoms with Crippen molar-refractivity contribution in [2.45, 2.75) is 0 Å². The van der Waals surface area contributed by atoms with Gasteiger partial charge in [0.05, 0.1) is 12.7 Å². The first kappa shape index (κ1) is 13.3. The minimum absolute atomic E-state index is 0.152. The van der Waals surface area contributed by atoms with E-state index in [0.29, 0.717) is 5.02 Å². The molecule has 0 aliphatic rings.